The minimum atomic E-state index is -0.294. The molecule has 0 radical (unpaired) electrons. The van der Waals surface area contributed by atoms with E-state index in [9.17, 15) is 9.50 Å². The third-order valence-corrected chi connectivity index (χ3v) is 5.99. The molecule has 0 amide bonds. The van der Waals surface area contributed by atoms with E-state index in [-0.39, 0.29) is 24.1 Å². The molecule has 0 spiro atoms. The summed E-state index contributed by atoms with van der Waals surface area (Å²) in [6, 6.07) is 17.1. The second kappa shape index (κ2) is 8.99. The van der Waals surface area contributed by atoms with E-state index in [1.165, 1.54) is 23.3 Å². The third-order valence-electron chi connectivity index (χ3n) is 5.99. The van der Waals surface area contributed by atoms with E-state index in [4.69, 9.17) is 4.74 Å². The van der Waals surface area contributed by atoms with E-state index in [2.05, 4.69) is 35.2 Å². The van der Waals surface area contributed by atoms with Crippen molar-refractivity contribution in [3.63, 3.8) is 0 Å². The maximum atomic E-state index is 13.0. The normalized spacial score (nSPS) is 26.1. The van der Waals surface area contributed by atoms with E-state index in [0.717, 1.165) is 44.3 Å². The first-order valence-corrected chi connectivity index (χ1v) is 10.2. The van der Waals surface area contributed by atoms with E-state index in [0.29, 0.717) is 6.61 Å². The number of aliphatic hydroxyl groups is 1. The van der Waals surface area contributed by atoms with Crippen LogP contribution in [0, 0.1) is 5.82 Å². The van der Waals surface area contributed by atoms with Gasteiger partial charge in [0.25, 0.3) is 0 Å². The summed E-state index contributed by atoms with van der Waals surface area (Å²) in [5.41, 5.74) is 3.68. The van der Waals surface area contributed by atoms with Gasteiger partial charge in [0.1, 0.15) is 5.82 Å². The molecule has 1 aliphatic heterocycles. The maximum Gasteiger partial charge on any atom is 0.123 e. The van der Waals surface area contributed by atoms with Crippen LogP contribution in [-0.2, 0) is 11.3 Å². The number of aliphatic hydroxyl groups excluding tert-OH is 1. The van der Waals surface area contributed by atoms with Crippen molar-refractivity contribution < 1.29 is 14.2 Å². The molecule has 2 aromatic carbocycles. The van der Waals surface area contributed by atoms with Gasteiger partial charge in [-0.05, 0) is 54.5 Å². The number of nitrogens with zero attached hydrogens (tertiary/aromatic N) is 1. The molecule has 0 aromatic heterocycles. The minimum absolute atomic E-state index is 0.137. The number of hydrogen-bond donors (Lipinski definition) is 1. The zero-order valence-corrected chi connectivity index (χ0v) is 16.1. The largest absolute Gasteiger partial charge is 0.391 e. The fourth-order valence-electron chi connectivity index (χ4n) is 4.33. The van der Waals surface area contributed by atoms with Crippen molar-refractivity contribution in [2.45, 2.75) is 50.5 Å². The average molecular weight is 381 g/mol. The zero-order valence-electron chi connectivity index (χ0n) is 16.1. The lowest BCUT2D eigenvalue weighted by molar-refractivity contribution is -0.0564. The highest BCUT2D eigenvalue weighted by atomic mass is 19.1. The molecule has 3 nitrogen and oxygen atoms in total. The first kappa shape index (κ1) is 19.3. The summed E-state index contributed by atoms with van der Waals surface area (Å²) in [6.45, 7) is 2.33. The Hall–Kier alpha value is -2.01. The minimum Gasteiger partial charge on any atom is -0.391 e. The Bertz CT molecular complexity index is 790. The molecule has 0 unspecified atom stereocenters. The van der Waals surface area contributed by atoms with E-state index in [1.54, 1.807) is 12.1 Å². The molecule has 2 aromatic rings. The predicted molar refractivity (Wildman–Crippen MR) is 109 cm³/mol. The fraction of sp³-hybridized carbons (Fsp3) is 0.417. The van der Waals surface area contributed by atoms with Crippen LogP contribution in [0.4, 0.5) is 4.39 Å². The van der Waals surface area contributed by atoms with Crippen LogP contribution in [0.2, 0.25) is 0 Å². The molecule has 1 saturated carbocycles. The standard InChI is InChI=1S/C24H28FNO2/c25-21-8-6-18(7-9-21)17-28-22-10-11-24(27)23(16-22)26-14-12-20(13-15-26)19-4-2-1-3-5-19/h1-9,12,22-24,27H,10-11,13-17H2/t22-,23-,24-/m1/s1. The number of hydrogen-bond acceptors (Lipinski definition) is 3. The molecule has 0 saturated heterocycles. The Kier molecular flexibility index (Phi) is 6.20. The molecule has 1 aliphatic carbocycles. The van der Waals surface area contributed by atoms with E-state index in [1.807, 2.05) is 6.07 Å². The second-order valence-corrected chi connectivity index (χ2v) is 7.85. The average Bonchev–Trinajstić information content (AvgIpc) is 2.75. The molecule has 28 heavy (non-hydrogen) atoms. The summed E-state index contributed by atoms with van der Waals surface area (Å²) < 4.78 is 19.1. The summed E-state index contributed by atoms with van der Waals surface area (Å²) in [7, 11) is 0. The molecular weight excluding hydrogens is 353 g/mol. The molecule has 3 atom stereocenters. The van der Waals surface area contributed by atoms with Gasteiger partial charge >= 0.3 is 0 Å². The lowest BCUT2D eigenvalue weighted by atomic mass is 9.87. The molecule has 148 valence electrons. The Morgan fingerprint density at radius 2 is 1.82 bits per heavy atom. The van der Waals surface area contributed by atoms with Crippen molar-refractivity contribution in [3.8, 4) is 0 Å². The van der Waals surface area contributed by atoms with Gasteiger partial charge in [0.15, 0.2) is 0 Å². The molecule has 0 bridgehead atoms. The topological polar surface area (TPSA) is 32.7 Å². The molecule has 4 rings (SSSR count). The Balaban J connectivity index is 1.33. The molecule has 1 fully saturated rings. The van der Waals surface area contributed by atoms with Crippen molar-refractivity contribution in [1.29, 1.82) is 0 Å². The lowest BCUT2D eigenvalue weighted by Crippen LogP contribution is -2.50. The maximum absolute atomic E-state index is 13.0. The highest BCUT2D eigenvalue weighted by Crippen LogP contribution is 2.30. The molecule has 1 N–H and O–H groups in total. The monoisotopic (exact) mass is 381 g/mol. The van der Waals surface area contributed by atoms with Gasteiger partial charge in [0.05, 0.1) is 18.8 Å². The molecular formula is C24H28FNO2. The van der Waals surface area contributed by atoms with Crippen LogP contribution in [0.5, 0.6) is 0 Å². The van der Waals surface area contributed by atoms with E-state index >= 15 is 0 Å². The van der Waals surface area contributed by atoms with Crippen LogP contribution in [-0.4, -0.2) is 41.3 Å². The van der Waals surface area contributed by atoms with E-state index < -0.39 is 0 Å². The number of ether oxygens (including phenoxy) is 1. The van der Waals surface area contributed by atoms with Crippen molar-refractivity contribution in [2.75, 3.05) is 13.1 Å². The van der Waals surface area contributed by atoms with Crippen LogP contribution < -0.4 is 0 Å². The highest BCUT2D eigenvalue weighted by Gasteiger charge is 2.34. The number of halogens is 1. The van der Waals surface area contributed by atoms with Crippen LogP contribution >= 0.6 is 0 Å². The summed E-state index contributed by atoms with van der Waals surface area (Å²) in [5, 5.41) is 10.6. The predicted octanol–water partition coefficient (Wildman–Crippen LogP) is 4.41. The molecule has 2 aliphatic rings. The van der Waals surface area contributed by atoms with Crippen molar-refractivity contribution in [3.05, 3.63) is 77.6 Å². The number of benzene rings is 2. The lowest BCUT2D eigenvalue weighted by Gasteiger charge is -2.41. The summed E-state index contributed by atoms with van der Waals surface area (Å²) in [6.07, 6.45) is 5.64. The van der Waals surface area contributed by atoms with Gasteiger partial charge < -0.3 is 9.84 Å². The van der Waals surface area contributed by atoms with Gasteiger partial charge in [-0.15, -0.1) is 0 Å². The van der Waals surface area contributed by atoms with Crippen molar-refractivity contribution >= 4 is 5.57 Å². The van der Waals surface area contributed by atoms with Crippen molar-refractivity contribution in [2.24, 2.45) is 0 Å². The van der Waals surface area contributed by atoms with Gasteiger partial charge in [-0.25, -0.2) is 4.39 Å². The smallest absolute Gasteiger partial charge is 0.123 e. The van der Waals surface area contributed by atoms with Crippen LogP contribution in [0.3, 0.4) is 0 Å². The quantitative estimate of drug-likeness (QED) is 0.833. The third kappa shape index (κ3) is 4.69. The van der Waals surface area contributed by atoms with Gasteiger partial charge in [0, 0.05) is 19.1 Å². The van der Waals surface area contributed by atoms with Crippen molar-refractivity contribution in [1.82, 2.24) is 4.90 Å². The van der Waals surface area contributed by atoms with Gasteiger partial charge in [0.2, 0.25) is 0 Å². The Morgan fingerprint density at radius 1 is 1.04 bits per heavy atom. The molecule has 4 heteroatoms. The summed E-state index contributed by atoms with van der Waals surface area (Å²) >= 11 is 0. The van der Waals surface area contributed by atoms with Gasteiger partial charge in [-0.3, -0.25) is 4.90 Å². The molecule has 1 heterocycles. The van der Waals surface area contributed by atoms with Crippen LogP contribution in [0.15, 0.2) is 60.7 Å². The first-order valence-electron chi connectivity index (χ1n) is 10.2. The second-order valence-electron chi connectivity index (χ2n) is 7.85. The highest BCUT2D eigenvalue weighted by molar-refractivity contribution is 5.66. The zero-order chi connectivity index (χ0) is 19.3. The summed E-state index contributed by atoms with van der Waals surface area (Å²) in [5.74, 6) is -0.224. The Labute approximate surface area is 166 Å². The van der Waals surface area contributed by atoms with Crippen LogP contribution in [0.25, 0.3) is 5.57 Å². The number of rotatable bonds is 5. The first-order chi connectivity index (χ1) is 13.7. The SMILES string of the molecule is O[C@@H]1CC[C@@H](OCc2ccc(F)cc2)C[C@H]1N1CC=C(c2ccccc2)CC1. The Morgan fingerprint density at radius 3 is 2.54 bits per heavy atom. The fourth-order valence-corrected chi connectivity index (χ4v) is 4.33. The summed E-state index contributed by atoms with van der Waals surface area (Å²) in [4.78, 5) is 2.39. The van der Waals surface area contributed by atoms with Gasteiger partial charge in [-0.1, -0.05) is 48.5 Å². The van der Waals surface area contributed by atoms with Crippen LogP contribution in [0.1, 0.15) is 36.8 Å². The van der Waals surface area contributed by atoms with Gasteiger partial charge in [-0.2, -0.15) is 0 Å².